The Kier molecular flexibility index (Phi) is 5.25. The van der Waals surface area contributed by atoms with Gasteiger partial charge in [-0.25, -0.2) is 0 Å². The van der Waals surface area contributed by atoms with Crippen LogP contribution in [-0.2, 0) is 14.3 Å². The number of para-hydroxylation sites is 1. The summed E-state index contributed by atoms with van der Waals surface area (Å²) in [6, 6.07) is 9.34. The van der Waals surface area contributed by atoms with Crippen LogP contribution in [0.4, 0.5) is 5.69 Å². The first kappa shape index (κ1) is 16.0. The molecule has 1 saturated carbocycles. The van der Waals surface area contributed by atoms with Crippen molar-refractivity contribution in [1.29, 1.82) is 0 Å². The molecule has 1 aliphatic carbocycles. The van der Waals surface area contributed by atoms with Crippen LogP contribution in [0.15, 0.2) is 30.3 Å². The molecule has 3 rings (SSSR count). The van der Waals surface area contributed by atoms with E-state index in [1.165, 1.54) is 0 Å². The third-order valence-corrected chi connectivity index (χ3v) is 4.34. The Labute approximate surface area is 136 Å². The van der Waals surface area contributed by atoms with Crippen LogP contribution in [0.5, 0.6) is 0 Å². The lowest BCUT2D eigenvalue weighted by Crippen LogP contribution is -2.41. The summed E-state index contributed by atoms with van der Waals surface area (Å²) in [6.07, 6.45) is 0.641. The summed E-state index contributed by atoms with van der Waals surface area (Å²) in [5.74, 6) is -0.446. The number of carbonyl (C=O) groups is 2. The van der Waals surface area contributed by atoms with Crippen LogP contribution in [0, 0.1) is 11.8 Å². The molecule has 2 N–H and O–H groups in total. The smallest absolute Gasteiger partial charge is 0.228 e. The van der Waals surface area contributed by atoms with E-state index in [1.54, 1.807) is 0 Å². The first-order valence-corrected chi connectivity index (χ1v) is 8.18. The maximum atomic E-state index is 12.1. The second-order valence-electron chi connectivity index (χ2n) is 6.05. The molecule has 6 heteroatoms. The zero-order valence-electron chi connectivity index (χ0n) is 13.2. The molecule has 0 bridgehead atoms. The van der Waals surface area contributed by atoms with E-state index in [0.717, 1.165) is 38.5 Å². The molecule has 2 aliphatic rings. The summed E-state index contributed by atoms with van der Waals surface area (Å²) in [4.78, 5) is 26.5. The molecule has 23 heavy (non-hydrogen) atoms. The van der Waals surface area contributed by atoms with Gasteiger partial charge in [-0.2, -0.15) is 0 Å². The Balaban J connectivity index is 1.36. The topological polar surface area (TPSA) is 70.7 Å². The molecular weight excluding hydrogens is 294 g/mol. The van der Waals surface area contributed by atoms with Crippen LogP contribution < -0.4 is 10.6 Å². The lowest BCUT2D eigenvalue weighted by atomic mass is 10.2. The van der Waals surface area contributed by atoms with E-state index in [9.17, 15) is 9.59 Å². The number of anilines is 1. The molecule has 6 nitrogen and oxygen atoms in total. The highest BCUT2D eigenvalue weighted by atomic mass is 16.5. The number of morpholine rings is 1. The number of benzene rings is 1. The van der Waals surface area contributed by atoms with Crippen molar-refractivity contribution >= 4 is 17.5 Å². The van der Waals surface area contributed by atoms with Gasteiger partial charge in [0.25, 0.3) is 0 Å². The van der Waals surface area contributed by atoms with Crippen LogP contribution in [0.2, 0.25) is 0 Å². The van der Waals surface area contributed by atoms with Crippen molar-refractivity contribution in [3.05, 3.63) is 30.3 Å². The summed E-state index contributed by atoms with van der Waals surface area (Å²) in [5.41, 5.74) is 0.774. The average molecular weight is 317 g/mol. The number of amides is 2. The van der Waals surface area contributed by atoms with E-state index >= 15 is 0 Å². The molecule has 1 aromatic rings. The largest absolute Gasteiger partial charge is 0.379 e. The fourth-order valence-corrected chi connectivity index (χ4v) is 2.82. The molecule has 1 heterocycles. The van der Waals surface area contributed by atoms with Crippen molar-refractivity contribution < 1.29 is 14.3 Å². The van der Waals surface area contributed by atoms with Gasteiger partial charge in [0.1, 0.15) is 0 Å². The first-order chi connectivity index (χ1) is 11.2. The number of hydrogen-bond acceptors (Lipinski definition) is 4. The highest BCUT2D eigenvalue weighted by Crippen LogP contribution is 2.39. The fourth-order valence-electron chi connectivity index (χ4n) is 2.82. The zero-order valence-corrected chi connectivity index (χ0v) is 13.2. The molecule has 2 unspecified atom stereocenters. The van der Waals surface area contributed by atoms with Crippen LogP contribution >= 0.6 is 0 Å². The van der Waals surface area contributed by atoms with Gasteiger partial charge in [0.05, 0.1) is 25.0 Å². The Morgan fingerprint density at radius 3 is 2.52 bits per heavy atom. The predicted octanol–water partition coefficient (Wildman–Crippen LogP) is 0.710. The van der Waals surface area contributed by atoms with E-state index < -0.39 is 0 Å². The monoisotopic (exact) mass is 317 g/mol. The Hall–Kier alpha value is -1.92. The molecule has 0 aromatic heterocycles. The second-order valence-corrected chi connectivity index (χ2v) is 6.05. The highest BCUT2D eigenvalue weighted by molar-refractivity contribution is 5.99. The van der Waals surface area contributed by atoms with Crippen molar-refractivity contribution in [3.63, 3.8) is 0 Å². The zero-order chi connectivity index (χ0) is 16.1. The predicted molar refractivity (Wildman–Crippen MR) is 86.9 cm³/mol. The third-order valence-electron chi connectivity index (χ3n) is 4.34. The quantitative estimate of drug-likeness (QED) is 0.811. The van der Waals surface area contributed by atoms with Crippen molar-refractivity contribution in [3.8, 4) is 0 Å². The minimum atomic E-state index is -0.196. The number of nitrogens with one attached hydrogen (secondary N) is 2. The van der Waals surface area contributed by atoms with Crippen LogP contribution in [0.3, 0.4) is 0 Å². The van der Waals surface area contributed by atoms with Gasteiger partial charge in [-0.05, 0) is 18.6 Å². The molecule has 124 valence electrons. The van der Waals surface area contributed by atoms with Gasteiger partial charge in [0.2, 0.25) is 11.8 Å². The lowest BCUT2D eigenvalue weighted by Gasteiger charge is -2.26. The molecule has 0 radical (unpaired) electrons. The maximum absolute atomic E-state index is 12.1. The second kappa shape index (κ2) is 7.57. The van der Waals surface area contributed by atoms with Crippen molar-refractivity contribution in [2.75, 3.05) is 44.7 Å². The van der Waals surface area contributed by atoms with E-state index in [-0.39, 0.29) is 23.7 Å². The van der Waals surface area contributed by atoms with E-state index in [1.807, 2.05) is 30.3 Å². The standard InChI is InChI=1S/C17H23N3O3/c21-16(18-6-7-20-8-10-23-11-9-20)14-12-15(14)17(22)19-13-4-2-1-3-5-13/h1-5,14-15H,6-12H2,(H,18,21)(H,19,22). The molecule has 1 aromatic carbocycles. The van der Waals surface area contributed by atoms with Crippen molar-refractivity contribution in [1.82, 2.24) is 10.2 Å². The minimum Gasteiger partial charge on any atom is -0.379 e. The minimum absolute atomic E-state index is 0.00790. The lowest BCUT2D eigenvalue weighted by molar-refractivity contribution is -0.125. The summed E-state index contributed by atoms with van der Waals surface area (Å²) < 4.78 is 5.29. The number of nitrogens with zero attached hydrogens (tertiary/aromatic N) is 1. The molecule has 0 spiro atoms. The highest BCUT2D eigenvalue weighted by Gasteiger charge is 2.47. The summed E-state index contributed by atoms with van der Waals surface area (Å²) in [6.45, 7) is 4.82. The molecular formula is C17H23N3O3. The SMILES string of the molecule is O=C(NCCN1CCOCC1)C1CC1C(=O)Nc1ccccc1. The summed E-state index contributed by atoms with van der Waals surface area (Å²) in [7, 11) is 0. The molecule has 2 amide bonds. The van der Waals surface area contributed by atoms with Gasteiger partial charge in [-0.3, -0.25) is 14.5 Å². The normalized spacial score (nSPS) is 24.0. The maximum Gasteiger partial charge on any atom is 0.228 e. The van der Waals surface area contributed by atoms with Crippen LogP contribution in [0.1, 0.15) is 6.42 Å². The van der Waals surface area contributed by atoms with Crippen LogP contribution in [-0.4, -0.2) is 56.1 Å². The molecule has 1 saturated heterocycles. The summed E-state index contributed by atoms with van der Waals surface area (Å²) in [5, 5.41) is 5.79. The Morgan fingerprint density at radius 1 is 1.09 bits per heavy atom. The Morgan fingerprint density at radius 2 is 1.78 bits per heavy atom. The van der Waals surface area contributed by atoms with Gasteiger partial charge < -0.3 is 15.4 Å². The average Bonchev–Trinajstić information content (AvgIpc) is 3.37. The van der Waals surface area contributed by atoms with E-state index in [4.69, 9.17) is 4.74 Å². The van der Waals surface area contributed by atoms with Crippen molar-refractivity contribution in [2.24, 2.45) is 11.8 Å². The van der Waals surface area contributed by atoms with Gasteiger partial charge >= 0.3 is 0 Å². The van der Waals surface area contributed by atoms with Gasteiger partial charge in [0, 0.05) is 31.9 Å². The fraction of sp³-hybridized carbons (Fsp3) is 0.529. The van der Waals surface area contributed by atoms with E-state index in [2.05, 4.69) is 15.5 Å². The Bertz CT molecular complexity index is 543. The number of hydrogen-bond donors (Lipinski definition) is 2. The molecule has 2 atom stereocenters. The third kappa shape index (κ3) is 4.53. The van der Waals surface area contributed by atoms with Gasteiger partial charge in [-0.15, -0.1) is 0 Å². The first-order valence-electron chi connectivity index (χ1n) is 8.18. The number of ether oxygens (including phenoxy) is 1. The molecule has 1 aliphatic heterocycles. The number of rotatable bonds is 6. The van der Waals surface area contributed by atoms with Crippen molar-refractivity contribution in [2.45, 2.75) is 6.42 Å². The van der Waals surface area contributed by atoms with E-state index in [0.29, 0.717) is 13.0 Å². The number of carbonyl (C=O) groups excluding carboxylic acids is 2. The van der Waals surface area contributed by atoms with Crippen LogP contribution in [0.25, 0.3) is 0 Å². The van der Waals surface area contributed by atoms with Gasteiger partial charge in [0.15, 0.2) is 0 Å². The molecule has 2 fully saturated rings. The van der Waals surface area contributed by atoms with Gasteiger partial charge in [-0.1, -0.05) is 18.2 Å². The summed E-state index contributed by atoms with van der Waals surface area (Å²) >= 11 is 0.